The van der Waals surface area contributed by atoms with Crippen LogP contribution in [0, 0.1) is 6.92 Å². The van der Waals surface area contributed by atoms with Gasteiger partial charge in [0.1, 0.15) is 5.69 Å². The van der Waals surface area contributed by atoms with Crippen LogP contribution in [0.5, 0.6) is 0 Å². The number of nitrogens with one attached hydrogen (secondary N) is 1. The Hall–Kier alpha value is -2.48. The first-order valence-corrected chi connectivity index (χ1v) is 8.30. The van der Waals surface area contributed by atoms with Gasteiger partial charge < -0.3 is 10.1 Å². The minimum absolute atomic E-state index is 0.0717. The molecule has 0 aliphatic rings. The van der Waals surface area contributed by atoms with Gasteiger partial charge in [0, 0.05) is 4.90 Å². The number of benzene rings is 1. The number of pyridine rings is 1. The highest BCUT2D eigenvalue weighted by molar-refractivity contribution is 7.99. The summed E-state index contributed by atoms with van der Waals surface area (Å²) in [5.74, 6) is -3.67. The van der Waals surface area contributed by atoms with Crippen molar-refractivity contribution < 1.29 is 23.1 Å². The van der Waals surface area contributed by atoms with Crippen LogP contribution in [0.2, 0.25) is 0 Å². The monoisotopic (exact) mass is 366 g/mol. The van der Waals surface area contributed by atoms with Crippen LogP contribution in [0.4, 0.5) is 14.5 Å². The normalized spacial score (nSPS) is 10.6. The van der Waals surface area contributed by atoms with Gasteiger partial charge >= 0.3 is 5.97 Å². The van der Waals surface area contributed by atoms with Crippen LogP contribution in [0.3, 0.4) is 0 Å². The molecule has 5 nitrogen and oxygen atoms in total. The topological polar surface area (TPSA) is 68.3 Å². The molecule has 8 heteroatoms. The number of hydrogen-bond acceptors (Lipinski definition) is 5. The number of para-hydroxylation sites is 1. The lowest BCUT2D eigenvalue weighted by Gasteiger charge is -2.11. The van der Waals surface area contributed by atoms with Crippen LogP contribution in [0.15, 0.2) is 41.3 Å². The standard InChI is InChI=1S/C17H16F2N2O3S/c1-3-24-16(23)11-8-9-13(20-10(11)2)15(22)21-12-6-4-5-7-14(12)25-17(18)19/h4-9,17H,3H2,1-2H3,(H,21,22). The first kappa shape index (κ1) is 18.9. The number of hydrogen-bond donors (Lipinski definition) is 1. The molecule has 0 aliphatic carbocycles. The summed E-state index contributed by atoms with van der Waals surface area (Å²) >= 11 is 0.348. The molecule has 132 valence electrons. The molecular formula is C17H16F2N2O3S. The average molecular weight is 366 g/mol. The summed E-state index contributed by atoms with van der Waals surface area (Å²) < 4.78 is 30.1. The van der Waals surface area contributed by atoms with Crippen molar-refractivity contribution in [2.75, 3.05) is 11.9 Å². The van der Waals surface area contributed by atoms with Gasteiger partial charge in [-0.15, -0.1) is 0 Å². The second kappa shape index (κ2) is 8.57. The maximum Gasteiger partial charge on any atom is 0.339 e. The summed E-state index contributed by atoms with van der Waals surface area (Å²) in [5, 5.41) is 2.56. The van der Waals surface area contributed by atoms with Gasteiger partial charge in [-0.3, -0.25) is 4.79 Å². The van der Waals surface area contributed by atoms with E-state index < -0.39 is 17.6 Å². The highest BCUT2D eigenvalue weighted by Gasteiger charge is 2.16. The van der Waals surface area contributed by atoms with E-state index in [2.05, 4.69) is 10.3 Å². The van der Waals surface area contributed by atoms with Crippen LogP contribution < -0.4 is 5.32 Å². The third kappa shape index (κ3) is 4.99. The Morgan fingerprint density at radius 3 is 2.60 bits per heavy atom. The Morgan fingerprint density at radius 2 is 1.96 bits per heavy atom. The highest BCUT2D eigenvalue weighted by atomic mass is 32.2. The van der Waals surface area contributed by atoms with E-state index in [1.54, 1.807) is 26.0 Å². The fourth-order valence-corrected chi connectivity index (χ4v) is 2.66. The second-order valence-electron chi connectivity index (χ2n) is 4.88. The van der Waals surface area contributed by atoms with E-state index >= 15 is 0 Å². The molecule has 0 aliphatic heterocycles. The lowest BCUT2D eigenvalue weighted by molar-refractivity contribution is 0.0524. The van der Waals surface area contributed by atoms with E-state index in [1.165, 1.54) is 24.3 Å². The molecule has 1 aromatic carbocycles. The number of alkyl halides is 2. The number of aryl methyl sites for hydroxylation is 1. The Balaban J connectivity index is 2.19. The molecule has 0 spiro atoms. The van der Waals surface area contributed by atoms with E-state index in [0.717, 1.165) is 0 Å². The number of aromatic nitrogens is 1. The van der Waals surface area contributed by atoms with Crippen molar-refractivity contribution in [2.24, 2.45) is 0 Å². The first-order valence-electron chi connectivity index (χ1n) is 7.42. The van der Waals surface area contributed by atoms with Crippen molar-refractivity contribution in [3.05, 3.63) is 53.3 Å². The molecule has 0 atom stereocenters. The van der Waals surface area contributed by atoms with Gasteiger partial charge in [0.2, 0.25) is 0 Å². The molecule has 1 aromatic heterocycles. The van der Waals surface area contributed by atoms with Gasteiger partial charge in [-0.25, -0.2) is 9.78 Å². The molecule has 0 unspecified atom stereocenters. The Labute approximate surface area is 147 Å². The van der Waals surface area contributed by atoms with Gasteiger partial charge in [-0.05, 0) is 38.1 Å². The number of amides is 1. The number of carbonyl (C=O) groups is 2. The zero-order valence-corrected chi connectivity index (χ0v) is 14.4. The number of thioether (sulfide) groups is 1. The Kier molecular flexibility index (Phi) is 6.46. The molecular weight excluding hydrogens is 350 g/mol. The fourth-order valence-electron chi connectivity index (χ4n) is 2.07. The lowest BCUT2D eigenvalue weighted by Crippen LogP contribution is -2.16. The van der Waals surface area contributed by atoms with Crippen molar-refractivity contribution in [2.45, 2.75) is 24.5 Å². The van der Waals surface area contributed by atoms with Gasteiger partial charge in [0.15, 0.2) is 0 Å². The van der Waals surface area contributed by atoms with E-state index in [-0.39, 0.29) is 28.4 Å². The van der Waals surface area contributed by atoms with Crippen molar-refractivity contribution in [3.63, 3.8) is 0 Å². The van der Waals surface area contributed by atoms with E-state index in [1.807, 2.05) is 0 Å². The fraction of sp³-hybridized carbons (Fsp3) is 0.235. The number of carbonyl (C=O) groups excluding carboxylic acids is 2. The number of nitrogens with zero attached hydrogens (tertiary/aromatic N) is 1. The molecule has 0 saturated heterocycles. The summed E-state index contributed by atoms with van der Waals surface area (Å²) in [6.07, 6.45) is 0. The van der Waals surface area contributed by atoms with Crippen molar-refractivity contribution in [1.29, 1.82) is 0 Å². The van der Waals surface area contributed by atoms with Crippen LogP contribution in [-0.2, 0) is 4.74 Å². The Bertz CT molecular complexity index is 784. The third-order valence-electron chi connectivity index (χ3n) is 3.17. The Morgan fingerprint density at radius 1 is 1.24 bits per heavy atom. The number of ether oxygens (including phenoxy) is 1. The largest absolute Gasteiger partial charge is 0.462 e. The second-order valence-corrected chi connectivity index (χ2v) is 5.91. The SMILES string of the molecule is CCOC(=O)c1ccc(C(=O)Nc2ccccc2SC(F)F)nc1C. The molecule has 1 heterocycles. The van der Waals surface area contributed by atoms with Crippen molar-refractivity contribution in [1.82, 2.24) is 4.98 Å². The molecule has 2 aromatic rings. The maximum absolute atomic E-state index is 12.6. The minimum Gasteiger partial charge on any atom is -0.462 e. The van der Waals surface area contributed by atoms with Crippen LogP contribution >= 0.6 is 11.8 Å². The lowest BCUT2D eigenvalue weighted by atomic mass is 10.2. The van der Waals surface area contributed by atoms with Gasteiger partial charge in [0.25, 0.3) is 11.7 Å². The smallest absolute Gasteiger partial charge is 0.339 e. The van der Waals surface area contributed by atoms with E-state index in [0.29, 0.717) is 17.5 Å². The number of anilines is 1. The number of halogens is 2. The zero-order chi connectivity index (χ0) is 18.4. The number of esters is 1. The molecule has 1 N–H and O–H groups in total. The van der Waals surface area contributed by atoms with Gasteiger partial charge in [0.05, 0.1) is 23.6 Å². The third-order valence-corrected chi connectivity index (χ3v) is 3.95. The van der Waals surface area contributed by atoms with E-state index in [9.17, 15) is 18.4 Å². The van der Waals surface area contributed by atoms with Crippen molar-refractivity contribution in [3.8, 4) is 0 Å². The summed E-state index contributed by atoms with van der Waals surface area (Å²) in [7, 11) is 0. The van der Waals surface area contributed by atoms with Crippen LogP contribution in [0.1, 0.15) is 33.5 Å². The summed E-state index contributed by atoms with van der Waals surface area (Å²) in [5.41, 5.74) is 0.961. The molecule has 0 bridgehead atoms. The summed E-state index contributed by atoms with van der Waals surface area (Å²) in [4.78, 5) is 28.4. The van der Waals surface area contributed by atoms with Crippen molar-refractivity contribution >= 4 is 29.3 Å². The highest BCUT2D eigenvalue weighted by Crippen LogP contribution is 2.31. The van der Waals surface area contributed by atoms with Gasteiger partial charge in [-0.1, -0.05) is 23.9 Å². The van der Waals surface area contributed by atoms with Gasteiger partial charge in [-0.2, -0.15) is 8.78 Å². The quantitative estimate of drug-likeness (QED) is 0.615. The minimum atomic E-state index is -2.60. The number of rotatable bonds is 6. The summed E-state index contributed by atoms with van der Waals surface area (Å²) in [6, 6.07) is 9.11. The predicted molar refractivity (Wildman–Crippen MR) is 91.2 cm³/mol. The molecule has 0 fully saturated rings. The average Bonchev–Trinajstić information content (AvgIpc) is 2.56. The first-order chi connectivity index (χ1) is 11.9. The summed E-state index contributed by atoms with van der Waals surface area (Å²) in [6.45, 7) is 3.51. The molecule has 25 heavy (non-hydrogen) atoms. The molecule has 1 amide bonds. The van der Waals surface area contributed by atoms with Crippen LogP contribution in [0.25, 0.3) is 0 Å². The molecule has 2 rings (SSSR count). The maximum atomic E-state index is 12.6. The predicted octanol–water partition coefficient (Wildman–Crippen LogP) is 4.13. The molecule has 0 radical (unpaired) electrons. The molecule has 0 saturated carbocycles. The van der Waals surface area contributed by atoms with Crippen LogP contribution in [-0.4, -0.2) is 29.2 Å². The van der Waals surface area contributed by atoms with E-state index in [4.69, 9.17) is 4.74 Å². The zero-order valence-electron chi connectivity index (χ0n) is 13.6.